The molecule has 5 nitrogen and oxygen atoms in total. The zero-order valence-electron chi connectivity index (χ0n) is 10.3. The van der Waals surface area contributed by atoms with Gasteiger partial charge in [-0.3, -0.25) is 9.59 Å². The molecule has 2 aliphatic heterocycles. The van der Waals surface area contributed by atoms with E-state index in [-0.39, 0.29) is 23.8 Å². The van der Waals surface area contributed by atoms with E-state index in [1.807, 2.05) is 0 Å². The Bertz CT molecular complexity index is 306. The first-order valence-electron chi connectivity index (χ1n) is 6.48. The predicted octanol–water partition coefficient (Wildman–Crippen LogP) is -0.231. The van der Waals surface area contributed by atoms with E-state index in [2.05, 4.69) is 22.9 Å². The smallest absolute Gasteiger partial charge is 0.242 e. The second kappa shape index (κ2) is 5.49. The van der Waals surface area contributed by atoms with Crippen molar-refractivity contribution in [3.63, 3.8) is 0 Å². The number of carbonyl (C=O) groups is 2. The first-order valence-corrected chi connectivity index (χ1v) is 6.48. The summed E-state index contributed by atoms with van der Waals surface area (Å²) < 4.78 is 0. The largest absolute Gasteiger partial charge is 0.354 e. The molecule has 96 valence electrons. The molecule has 5 heteroatoms. The van der Waals surface area contributed by atoms with E-state index in [0.717, 1.165) is 38.8 Å². The van der Waals surface area contributed by atoms with E-state index in [9.17, 15) is 9.59 Å². The fourth-order valence-electron chi connectivity index (χ4n) is 2.57. The Morgan fingerprint density at radius 3 is 2.88 bits per heavy atom. The van der Waals surface area contributed by atoms with Gasteiger partial charge in [-0.15, -0.1) is 0 Å². The topological polar surface area (TPSA) is 70.2 Å². The third kappa shape index (κ3) is 3.19. The molecule has 2 saturated heterocycles. The van der Waals surface area contributed by atoms with Gasteiger partial charge in [-0.25, -0.2) is 0 Å². The van der Waals surface area contributed by atoms with Crippen molar-refractivity contribution in [2.45, 2.75) is 44.7 Å². The summed E-state index contributed by atoms with van der Waals surface area (Å²) in [7, 11) is 0. The Morgan fingerprint density at radius 2 is 2.18 bits per heavy atom. The molecule has 17 heavy (non-hydrogen) atoms. The molecule has 3 unspecified atom stereocenters. The summed E-state index contributed by atoms with van der Waals surface area (Å²) in [6.07, 6.45) is 3.43. The molecule has 0 bridgehead atoms. The van der Waals surface area contributed by atoms with Gasteiger partial charge in [-0.05, 0) is 39.2 Å². The van der Waals surface area contributed by atoms with Crippen molar-refractivity contribution in [2.75, 3.05) is 13.1 Å². The van der Waals surface area contributed by atoms with Crippen LogP contribution in [0.15, 0.2) is 0 Å². The van der Waals surface area contributed by atoms with Crippen LogP contribution in [0, 0.1) is 5.92 Å². The summed E-state index contributed by atoms with van der Waals surface area (Å²) in [5.74, 6) is 0.0629. The van der Waals surface area contributed by atoms with Crippen molar-refractivity contribution in [3.05, 3.63) is 0 Å². The zero-order chi connectivity index (χ0) is 12.3. The van der Waals surface area contributed by atoms with E-state index in [1.54, 1.807) is 0 Å². The predicted molar refractivity (Wildman–Crippen MR) is 64.4 cm³/mol. The summed E-state index contributed by atoms with van der Waals surface area (Å²) in [6.45, 7) is 3.71. The fourth-order valence-corrected chi connectivity index (χ4v) is 2.57. The average Bonchev–Trinajstić information content (AvgIpc) is 2.32. The van der Waals surface area contributed by atoms with Crippen molar-refractivity contribution in [1.29, 1.82) is 0 Å². The van der Waals surface area contributed by atoms with Crippen LogP contribution in [0.5, 0.6) is 0 Å². The number of piperidine rings is 2. The highest BCUT2D eigenvalue weighted by Gasteiger charge is 2.29. The lowest BCUT2D eigenvalue weighted by Gasteiger charge is -2.29. The van der Waals surface area contributed by atoms with Gasteiger partial charge >= 0.3 is 0 Å². The molecule has 0 radical (unpaired) electrons. The Kier molecular flexibility index (Phi) is 3.99. The molecule has 0 aliphatic carbocycles. The van der Waals surface area contributed by atoms with Crippen LogP contribution in [0.25, 0.3) is 0 Å². The van der Waals surface area contributed by atoms with Gasteiger partial charge in [0.05, 0.1) is 0 Å². The van der Waals surface area contributed by atoms with E-state index >= 15 is 0 Å². The third-order valence-corrected chi connectivity index (χ3v) is 3.60. The first kappa shape index (κ1) is 12.4. The van der Waals surface area contributed by atoms with Crippen LogP contribution in [0.3, 0.4) is 0 Å². The molecular weight excluding hydrogens is 218 g/mol. The Morgan fingerprint density at radius 1 is 1.35 bits per heavy atom. The molecule has 0 aromatic rings. The van der Waals surface area contributed by atoms with E-state index < -0.39 is 0 Å². The number of nitrogens with one attached hydrogen (secondary N) is 3. The molecule has 0 spiro atoms. The molecule has 2 rings (SSSR count). The monoisotopic (exact) mass is 239 g/mol. The van der Waals surface area contributed by atoms with Crippen LogP contribution in [0.4, 0.5) is 0 Å². The summed E-state index contributed by atoms with van der Waals surface area (Å²) in [5.41, 5.74) is 0. The first-order chi connectivity index (χ1) is 8.16. The highest BCUT2D eigenvalue weighted by atomic mass is 16.2. The van der Waals surface area contributed by atoms with Gasteiger partial charge in [0.2, 0.25) is 11.8 Å². The molecule has 2 amide bonds. The number of hydrogen-bond donors (Lipinski definition) is 3. The maximum Gasteiger partial charge on any atom is 0.242 e. The van der Waals surface area contributed by atoms with Gasteiger partial charge in [0, 0.05) is 18.5 Å². The standard InChI is InChI=1S/C12H21N3O2/c1-8-7-9(4-6-13-8)11(16)15-10-3-2-5-14-12(10)17/h8-10,13H,2-7H2,1H3,(H,14,17)(H,15,16). The van der Waals surface area contributed by atoms with Gasteiger partial charge < -0.3 is 16.0 Å². The summed E-state index contributed by atoms with van der Waals surface area (Å²) >= 11 is 0. The van der Waals surface area contributed by atoms with E-state index in [1.165, 1.54) is 0 Å². The lowest BCUT2D eigenvalue weighted by Crippen LogP contribution is -2.52. The number of rotatable bonds is 2. The van der Waals surface area contributed by atoms with Crippen LogP contribution < -0.4 is 16.0 Å². The second-order valence-corrected chi connectivity index (χ2v) is 5.07. The van der Waals surface area contributed by atoms with Crippen LogP contribution in [0.1, 0.15) is 32.6 Å². The van der Waals surface area contributed by atoms with Crippen LogP contribution in [-0.4, -0.2) is 37.0 Å². The van der Waals surface area contributed by atoms with Crippen LogP contribution >= 0.6 is 0 Å². The molecule has 0 saturated carbocycles. The van der Waals surface area contributed by atoms with Crippen molar-refractivity contribution in [3.8, 4) is 0 Å². The van der Waals surface area contributed by atoms with Gasteiger partial charge in [0.15, 0.2) is 0 Å². The highest BCUT2D eigenvalue weighted by molar-refractivity contribution is 5.88. The van der Waals surface area contributed by atoms with E-state index in [4.69, 9.17) is 0 Å². The summed E-state index contributed by atoms with van der Waals surface area (Å²) in [5, 5.41) is 8.98. The van der Waals surface area contributed by atoms with Crippen molar-refractivity contribution < 1.29 is 9.59 Å². The van der Waals surface area contributed by atoms with Gasteiger partial charge in [0.25, 0.3) is 0 Å². The lowest BCUT2D eigenvalue weighted by molar-refractivity contribution is -0.132. The lowest BCUT2D eigenvalue weighted by atomic mass is 9.92. The van der Waals surface area contributed by atoms with Crippen molar-refractivity contribution in [1.82, 2.24) is 16.0 Å². The molecule has 2 aliphatic rings. The molecule has 3 atom stereocenters. The summed E-state index contributed by atoms with van der Waals surface area (Å²) in [4.78, 5) is 23.6. The molecule has 3 N–H and O–H groups in total. The molecule has 2 heterocycles. The van der Waals surface area contributed by atoms with Gasteiger partial charge in [-0.2, -0.15) is 0 Å². The van der Waals surface area contributed by atoms with Gasteiger partial charge in [-0.1, -0.05) is 0 Å². The summed E-state index contributed by atoms with van der Waals surface area (Å²) in [6, 6.07) is 0.0705. The Hall–Kier alpha value is -1.10. The van der Waals surface area contributed by atoms with Crippen molar-refractivity contribution in [2.24, 2.45) is 5.92 Å². The minimum atomic E-state index is -0.318. The minimum absolute atomic E-state index is 0.0356. The highest BCUT2D eigenvalue weighted by Crippen LogP contribution is 2.16. The van der Waals surface area contributed by atoms with Gasteiger partial charge in [0.1, 0.15) is 6.04 Å². The maximum absolute atomic E-state index is 12.0. The average molecular weight is 239 g/mol. The SMILES string of the molecule is CC1CC(C(=O)NC2CCCNC2=O)CCN1. The molecule has 0 aromatic heterocycles. The Labute approximate surface area is 102 Å². The van der Waals surface area contributed by atoms with Crippen LogP contribution in [-0.2, 0) is 9.59 Å². The normalized spacial score (nSPS) is 33.9. The second-order valence-electron chi connectivity index (χ2n) is 5.07. The molecule has 0 aromatic carbocycles. The van der Waals surface area contributed by atoms with Crippen molar-refractivity contribution >= 4 is 11.8 Å². The number of hydrogen-bond acceptors (Lipinski definition) is 3. The Balaban J connectivity index is 1.85. The maximum atomic E-state index is 12.0. The third-order valence-electron chi connectivity index (χ3n) is 3.60. The van der Waals surface area contributed by atoms with Crippen LogP contribution in [0.2, 0.25) is 0 Å². The fraction of sp³-hybridized carbons (Fsp3) is 0.833. The number of carbonyl (C=O) groups excluding carboxylic acids is 2. The minimum Gasteiger partial charge on any atom is -0.354 e. The van der Waals surface area contributed by atoms with E-state index in [0.29, 0.717) is 6.04 Å². The quantitative estimate of drug-likeness (QED) is 0.623. The zero-order valence-corrected chi connectivity index (χ0v) is 10.3. The molecular formula is C12H21N3O2. The number of amides is 2. The molecule has 2 fully saturated rings.